The van der Waals surface area contributed by atoms with Crippen molar-refractivity contribution < 1.29 is 9.53 Å². The lowest BCUT2D eigenvalue weighted by molar-refractivity contribution is 0.0534. The van der Waals surface area contributed by atoms with Crippen LogP contribution in [0.25, 0.3) is 6.08 Å². The summed E-state index contributed by atoms with van der Waals surface area (Å²) in [6, 6.07) is 1.70. The first kappa shape index (κ1) is 15.8. The summed E-state index contributed by atoms with van der Waals surface area (Å²) in [5.41, 5.74) is 0.307. The fourth-order valence-corrected chi connectivity index (χ4v) is 1.46. The maximum absolute atomic E-state index is 11.4. The summed E-state index contributed by atoms with van der Waals surface area (Å²) in [6.07, 6.45) is 4.69. The van der Waals surface area contributed by atoms with Crippen LogP contribution in [-0.2, 0) is 4.74 Å². The number of carbonyl (C=O) groups excluding carboxylic acids is 1. The molecule has 0 saturated carbocycles. The number of rotatable bonds is 3. The molecule has 0 aromatic carbocycles. The summed E-state index contributed by atoms with van der Waals surface area (Å²) in [7, 11) is 0. The number of hydrogen-bond donors (Lipinski definition) is 1. The molecular weight excluding hydrogens is 287 g/mol. The Labute approximate surface area is 122 Å². The molecule has 0 spiro atoms. The standard InChI is InChI=1S/C13H16Cl2N2O2/c1-13(2,3)19-12(18)16-6-4-5-9-7-10(14)11(15)17-8-9/h4-5,7-8H,6H2,1-3H3,(H,16,18). The van der Waals surface area contributed by atoms with Crippen molar-refractivity contribution in [2.75, 3.05) is 6.54 Å². The number of nitrogens with one attached hydrogen (secondary N) is 1. The Morgan fingerprint density at radius 1 is 1.47 bits per heavy atom. The van der Waals surface area contributed by atoms with E-state index in [2.05, 4.69) is 10.3 Å². The first-order valence-electron chi connectivity index (χ1n) is 5.72. The zero-order valence-electron chi connectivity index (χ0n) is 11.0. The largest absolute Gasteiger partial charge is 0.444 e. The highest BCUT2D eigenvalue weighted by molar-refractivity contribution is 6.41. The molecule has 1 N–H and O–H groups in total. The van der Waals surface area contributed by atoms with Gasteiger partial charge in [0, 0.05) is 12.7 Å². The number of aromatic nitrogens is 1. The lowest BCUT2D eigenvalue weighted by Gasteiger charge is -2.19. The Morgan fingerprint density at radius 2 is 2.16 bits per heavy atom. The van der Waals surface area contributed by atoms with Crippen molar-refractivity contribution in [3.8, 4) is 0 Å². The quantitative estimate of drug-likeness (QED) is 0.861. The number of amides is 1. The SMILES string of the molecule is CC(C)(C)OC(=O)NCC=Cc1cnc(Cl)c(Cl)c1. The minimum Gasteiger partial charge on any atom is -0.444 e. The van der Waals surface area contributed by atoms with Gasteiger partial charge in [0.15, 0.2) is 0 Å². The van der Waals surface area contributed by atoms with Crippen LogP contribution in [0.15, 0.2) is 18.3 Å². The average molecular weight is 303 g/mol. The van der Waals surface area contributed by atoms with Crippen molar-refractivity contribution in [3.05, 3.63) is 34.1 Å². The maximum atomic E-state index is 11.4. The van der Waals surface area contributed by atoms with Crippen molar-refractivity contribution in [2.45, 2.75) is 26.4 Å². The zero-order chi connectivity index (χ0) is 14.5. The van der Waals surface area contributed by atoms with E-state index in [1.54, 1.807) is 24.4 Å². The summed E-state index contributed by atoms with van der Waals surface area (Å²) >= 11 is 11.5. The van der Waals surface area contributed by atoms with Crippen molar-refractivity contribution in [3.63, 3.8) is 0 Å². The van der Waals surface area contributed by atoms with Crippen molar-refractivity contribution in [1.82, 2.24) is 10.3 Å². The molecule has 0 radical (unpaired) electrons. The molecule has 0 aliphatic heterocycles. The molecule has 0 aliphatic rings. The molecule has 0 fully saturated rings. The summed E-state index contributed by atoms with van der Waals surface area (Å²) in [5, 5.41) is 3.27. The second-order valence-electron chi connectivity index (χ2n) is 4.83. The molecule has 19 heavy (non-hydrogen) atoms. The van der Waals surface area contributed by atoms with Gasteiger partial charge in [-0.3, -0.25) is 0 Å². The molecule has 1 aromatic rings. The lowest BCUT2D eigenvalue weighted by atomic mass is 10.2. The average Bonchev–Trinajstić information content (AvgIpc) is 2.27. The van der Waals surface area contributed by atoms with Gasteiger partial charge in [0.05, 0.1) is 5.02 Å². The molecular formula is C13H16Cl2N2O2. The van der Waals surface area contributed by atoms with Crippen LogP contribution in [-0.4, -0.2) is 23.2 Å². The van der Waals surface area contributed by atoms with Crippen LogP contribution < -0.4 is 5.32 Å². The van der Waals surface area contributed by atoms with Gasteiger partial charge in [-0.05, 0) is 32.4 Å². The molecule has 0 atom stereocenters. The Hall–Kier alpha value is -1.26. The number of ether oxygens (including phenoxy) is 1. The Balaban J connectivity index is 2.42. The van der Waals surface area contributed by atoms with E-state index in [0.717, 1.165) is 5.56 Å². The van der Waals surface area contributed by atoms with Crippen LogP contribution in [0.4, 0.5) is 4.79 Å². The molecule has 1 rings (SSSR count). The normalized spacial score (nSPS) is 11.6. The van der Waals surface area contributed by atoms with Crippen LogP contribution in [0.5, 0.6) is 0 Å². The van der Waals surface area contributed by atoms with Crippen LogP contribution in [0, 0.1) is 0 Å². The topological polar surface area (TPSA) is 51.2 Å². The molecule has 104 valence electrons. The third-order valence-corrected chi connectivity index (χ3v) is 2.58. The van der Waals surface area contributed by atoms with E-state index < -0.39 is 11.7 Å². The number of alkyl carbamates (subject to hydrolysis) is 1. The highest BCUT2D eigenvalue weighted by Crippen LogP contribution is 2.20. The summed E-state index contributed by atoms with van der Waals surface area (Å²) in [4.78, 5) is 15.3. The fourth-order valence-electron chi connectivity index (χ4n) is 1.18. The van der Waals surface area contributed by atoms with Gasteiger partial charge in [0.1, 0.15) is 10.8 Å². The summed E-state index contributed by atoms with van der Waals surface area (Å²) in [5.74, 6) is 0. The number of halogens is 2. The summed E-state index contributed by atoms with van der Waals surface area (Å²) < 4.78 is 5.09. The predicted octanol–water partition coefficient (Wildman–Crippen LogP) is 3.93. The van der Waals surface area contributed by atoms with Crippen LogP contribution in [0.3, 0.4) is 0 Å². The monoisotopic (exact) mass is 302 g/mol. The van der Waals surface area contributed by atoms with E-state index in [-0.39, 0.29) is 5.15 Å². The molecule has 0 aliphatic carbocycles. The van der Waals surface area contributed by atoms with E-state index >= 15 is 0 Å². The fraction of sp³-hybridized carbons (Fsp3) is 0.385. The van der Waals surface area contributed by atoms with Gasteiger partial charge in [0.25, 0.3) is 0 Å². The van der Waals surface area contributed by atoms with E-state index in [1.807, 2.05) is 20.8 Å². The highest BCUT2D eigenvalue weighted by atomic mass is 35.5. The Bertz CT molecular complexity index is 482. The van der Waals surface area contributed by atoms with Crippen molar-refractivity contribution in [2.24, 2.45) is 0 Å². The van der Waals surface area contributed by atoms with Gasteiger partial charge >= 0.3 is 6.09 Å². The van der Waals surface area contributed by atoms with Gasteiger partial charge < -0.3 is 10.1 Å². The van der Waals surface area contributed by atoms with Crippen molar-refractivity contribution >= 4 is 35.4 Å². The Kier molecular flexibility index (Phi) is 5.63. The van der Waals surface area contributed by atoms with E-state index in [4.69, 9.17) is 27.9 Å². The van der Waals surface area contributed by atoms with E-state index in [1.165, 1.54) is 0 Å². The lowest BCUT2D eigenvalue weighted by Crippen LogP contribution is -2.32. The van der Waals surface area contributed by atoms with Gasteiger partial charge in [-0.2, -0.15) is 0 Å². The molecule has 1 amide bonds. The second kappa shape index (κ2) is 6.78. The minimum atomic E-state index is -0.499. The summed E-state index contributed by atoms with van der Waals surface area (Å²) in [6.45, 7) is 5.78. The minimum absolute atomic E-state index is 0.269. The molecule has 1 aromatic heterocycles. The van der Waals surface area contributed by atoms with Crippen LogP contribution in [0.1, 0.15) is 26.3 Å². The number of hydrogen-bond acceptors (Lipinski definition) is 3. The number of nitrogens with zero attached hydrogens (tertiary/aromatic N) is 1. The van der Waals surface area contributed by atoms with Crippen molar-refractivity contribution in [1.29, 1.82) is 0 Å². The van der Waals surface area contributed by atoms with Crippen LogP contribution >= 0.6 is 23.2 Å². The molecule has 0 saturated heterocycles. The number of carbonyl (C=O) groups is 1. The molecule has 1 heterocycles. The van der Waals surface area contributed by atoms with E-state index in [9.17, 15) is 4.79 Å². The van der Waals surface area contributed by atoms with E-state index in [0.29, 0.717) is 11.6 Å². The third-order valence-electron chi connectivity index (χ3n) is 1.89. The van der Waals surface area contributed by atoms with Gasteiger partial charge in [-0.15, -0.1) is 0 Å². The molecule has 4 nitrogen and oxygen atoms in total. The molecule has 0 bridgehead atoms. The van der Waals surface area contributed by atoms with Crippen LogP contribution in [0.2, 0.25) is 10.2 Å². The smallest absolute Gasteiger partial charge is 0.407 e. The predicted molar refractivity (Wildman–Crippen MR) is 77.5 cm³/mol. The van der Waals surface area contributed by atoms with Gasteiger partial charge in [0.2, 0.25) is 0 Å². The first-order chi connectivity index (χ1) is 8.78. The second-order valence-corrected chi connectivity index (χ2v) is 5.59. The Morgan fingerprint density at radius 3 is 2.74 bits per heavy atom. The maximum Gasteiger partial charge on any atom is 0.407 e. The highest BCUT2D eigenvalue weighted by Gasteiger charge is 2.14. The first-order valence-corrected chi connectivity index (χ1v) is 6.48. The molecule has 0 unspecified atom stereocenters. The van der Waals surface area contributed by atoms with Gasteiger partial charge in [-0.1, -0.05) is 35.4 Å². The molecule has 6 heteroatoms. The van der Waals surface area contributed by atoms with Gasteiger partial charge in [-0.25, -0.2) is 9.78 Å². The number of pyridine rings is 1. The third kappa shape index (κ3) is 6.45. The zero-order valence-corrected chi connectivity index (χ0v) is 12.5.